The number of imidazole rings is 1. The second kappa shape index (κ2) is 8.34. The molecule has 0 spiro atoms. The maximum Gasteiger partial charge on any atom is 0.326 e. The maximum absolute atomic E-state index is 12.6. The number of esters is 1. The zero-order chi connectivity index (χ0) is 18.5. The van der Waals surface area contributed by atoms with E-state index < -0.39 is 0 Å². The molecule has 1 aromatic carbocycles. The van der Waals surface area contributed by atoms with Crippen molar-refractivity contribution in [3.63, 3.8) is 0 Å². The van der Waals surface area contributed by atoms with E-state index in [1.165, 1.54) is 6.42 Å². The molecule has 1 unspecified atom stereocenters. The van der Waals surface area contributed by atoms with Crippen molar-refractivity contribution < 1.29 is 14.3 Å². The summed E-state index contributed by atoms with van der Waals surface area (Å²) in [7, 11) is 0. The first-order valence-corrected chi connectivity index (χ1v) is 9.51. The summed E-state index contributed by atoms with van der Waals surface area (Å²) in [5.41, 5.74) is 1.68. The second-order valence-electron chi connectivity index (χ2n) is 6.92. The van der Waals surface area contributed by atoms with Crippen LogP contribution in [0.3, 0.4) is 0 Å². The lowest BCUT2D eigenvalue weighted by molar-refractivity contribution is -0.143. The molecule has 3 rings (SSSR count). The smallest absolute Gasteiger partial charge is 0.326 e. The molecule has 26 heavy (non-hydrogen) atoms. The number of para-hydroxylation sites is 2. The van der Waals surface area contributed by atoms with Crippen LogP contribution in [0.25, 0.3) is 11.0 Å². The topological polar surface area (TPSA) is 73.2 Å². The molecule has 1 aromatic heterocycles. The minimum Gasteiger partial charge on any atom is -0.465 e. The first-order chi connectivity index (χ1) is 12.6. The molecule has 1 saturated carbocycles. The van der Waals surface area contributed by atoms with E-state index in [0.29, 0.717) is 12.4 Å². The largest absolute Gasteiger partial charge is 0.465 e. The highest BCUT2D eigenvalue weighted by Crippen LogP contribution is 2.26. The molecule has 1 atom stereocenters. The van der Waals surface area contributed by atoms with Crippen LogP contribution < -0.4 is 5.32 Å². The molecule has 140 valence electrons. The molecule has 1 heterocycles. The molecule has 6 nitrogen and oxygen atoms in total. The minimum atomic E-state index is -0.303. The molecule has 1 aliphatic carbocycles. The lowest BCUT2D eigenvalue weighted by Gasteiger charge is -2.23. The number of rotatable bonds is 6. The third kappa shape index (κ3) is 4.06. The van der Waals surface area contributed by atoms with Crippen molar-refractivity contribution in [3.8, 4) is 0 Å². The van der Waals surface area contributed by atoms with Crippen LogP contribution in [0, 0.1) is 5.92 Å². The van der Waals surface area contributed by atoms with E-state index in [2.05, 4.69) is 10.3 Å². The molecule has 2 aromatic rings. The van der Waals surface area contributed by atoms with Gasteiger partial charge in [-0.2, -0.15) is 0 Å². The highest BCUT2D eigenvalue weighted by atomic mass is 16.5. The molecule has 1 fully saturated rings. The number of nitrogens with zero attached hydrogens (tertiary/aromatic N) is 2. The van der Waals surface area contributed by atoms with Crippen LogP contribution in [0.2, 0.25) is 0 Å². The highest BCUT2D eigenvalue weighted by Gasteiger charge is 2.25. The van der Waals surface area contributed by atoms with Gasteiger partial charge in [0.25, 0.3) is 0 Å². The fraction of sp³-hybridized carbons (Fsp3) is 0.550. The van der Waals surface area contributed by atoms with Gasteiger partial charge in [-0.25, -0.2) is 4.98 Å². The van der Waals surface area contributed by atoms with Crippen molar-refractivity contribution in [2.45, 2.75) is 58.5 Å². The van der Waals surface area contributed by atoms with Gasteiger partial charge in [0.1, 0.15) is 12.4 Å². The summed E-state index contributed by atoms with van der Waals surface area (Å²) in [6.45, 7) is 4.14. The van der Waals surface area contributed by atoms with Crippen molar-refractivity contribution in [1.82, 2.24) is 14.9 Å². The van der Waals surface area contributed by atoms with E-state index >= 15 is 0 Å². The van der Waals surface area contributed by atoms with E-state index in [1.54, 1.807) is 6.92 Å². The van der Waals surface area contributed by atoms with Gasteiger partial charge >= 0.3 is 5.97 Å². The lowest BCUT2D eigenvalue weighted by atomic mass is 9.88. The Kier molecular flexibility index (Phi) is 5.91. The number of benzene rings is 1. The summed E-state index contributed by atoms with van der Waals surface area (Å²) in [4.78, 5) is 29.3. The van der Waals surface area contributed by atoms with Crippen molar-refractivity contribution in [1.29, 1.82) is 0 Å². The molecule has 0 radical (unpaired) electrons. The number of hydrogen-bond donors (Lipinski definition) is 1. The first-order valence-electron chi connectivity index (χ1n) is 9.51. The Morgan fingerprint density at radius 1 is 1.27 bits per heavy atom. The number of fused-ring (bicyclic) bond motifs is 1. The number of carbonyl (C=O) groups is 2. The third-order valence-corrected chi connectivity index (χ3v) is 5.00. The van der Waals surface area contributed by atoms with Gasteiger partial charge < -0.3 is 14.6 Å². The van der Waals surface area contributed by atoms with Crippen LogP contribution in [-0.4, -0.2) is 28.0 Å². The summed E-state index contributed by atoms with van der Waals surface area (Å²) in [6.07, 6.45) is 5.37. The second-order valence-corrected chi connectivity index (χ2v) is 6.92. The van der Waals surface area contributed by atoms with Gasteiger partial charge in [-0.3, -0.25) is 9.59 Å². The van der Waals surface area contributed by atoms with Gasteiger partial charge in [0.05, 0.1) is 23.7 Å². The van der Waals surface area contributed by atoms with Gasteiger partial charge in [0.15, 0.2) is 0 Å². The quantitative estimate of drug-likeness (QED) is 0.805. The zero-order valence-electron chi connectivity index (χ0n) is 15.5. The van der Waals surface area contributed by atoms with Crippen molar-refractivity contribution in [2.24, 2.45) is 5.92 Å². The fourth-order valence-corrected chi connectivity index (χ4v) is 3.69. The van der Waals surface area contributed by atoms with E-state index in [0.717, 1.165) is 36.7 Å². The lowest BCUT2D eigenvalue weighted by Crippen LogP contribution is -2.35. The average molecular weight is 357 g/mol. The fourth-order valence-electron chi connectivity index (χ4n) is 3.69. The molecule has 6 heteroatoms. The predicted octanol–water partition coefficient (Wildman–Crippen LogP) is 3.36. The minimum absolute atomic E-state index is 0.0898. The summed E-state index contributed by atoms with van der Waals surface area (Å²) in [6, 6.07) is 7.41. The van der Waals surface area contributed by atoms with Crippen LogP contribution >= 0.6 is 0 Å². The number of amides is 1. The van der Waals surface area contributed by atoms with Crippen LogP contribution in [0.4, 0.5) is 0 Å². The van der Waals surface area contributed by atoms with Gasteiger partial charge in [-0.1, -0.05) is 31.4 Å². The van der Waals surface area contributed by atoms with E-state index in [-0.39, 0.29) is 30.4 Å². The van der Waals surface area contributed by atoms with Gasteiger partial charge in [0, 0.05) is 5.92 Å². The summed E-state index contributed by atoms with van der Waals surface area (Å²) < 4.78 is 6.95. The Morgan fingerprint density at radius 3 is 2.73 bits per heavy atom. The summed E-state index contributed by atoms with van der Waals surface area (Å²) in [5, 5.41) is 3.10. The van der Waals surface area contributed by atoms with Gasteiger partial charge in [0.2, 0.25) is 5.91 Å². The van der Waals surface area contributed by atoms with Gasteiger partial charge in [-0.15, -0.1) is 0 Å². The van der Waals surface area contributed by atoms with Crippen LogP contribution in [-0.2, 0) is 20.9 Å². The average Bonchev–Trinajstić information content (AvgIpc) is 3.01. The Labute approximate surface area is 153 Å². The molecule has 1 aliphatic rings. The van der Waals surface area contributed by atoms with Gasteiger partial charge in [-0.05, 0) is 38.8 Å². The number of nitrogens with one attached hydrogen (secondary N) is 1. The predicted molar refractivity (Wildman–Crippen MR) is 99.5 cm³/mol. The van der Waals surface area contributed by atoms with E-state index in [4.69, 9.17) is 4.74 Å². The molecule has 1 amide bonds. The standard InChI is InChI=1S/C20H27N3O3/c1-3-26-18(24)13-23-17-12-8-7-11-16(17)22-19(23)14(2)21-20(25)15-9-5-4-6-10-15/h7-8,11-12,14-15H,3-6,9-10,13H2,1-2H3,(H,21,25). The zero-order valence-corrected chi connectivity index (χ0v) is 15.5. The first kappa shape index (κ1) is 18.4. The third-order valence-electron chi connectivity index (χ3n) is 5.00. The Balaban J connectivity index is 1.82. The summed E-state index contributed by atoms with van der Waals surface area (Å²) in [5.74, 6) is 0.562. The number of aromatic nitrogens is 2. The molecule has 0 bridgehead atoms. The van der Waals surface area contributed by atoms with Crippen molar-refractivity contribution >= 4 is 22.9 Å². The maximum atomic E-state index is 12.6. The van der Waals surface area contributed by atoms with Crippen molar-refractivity contribution in [2.75, 3.05) is 6.61 Å². The van der Waals surface area contributed by atoms with Crippen LogP contribution in [0.1, 0.15) is 57.8 Å². The molecule has 1 N–H and O–H groups in total. The van der Waals surface area contributed by atoms with E-state index in [1.807, 2.05) is 35.8 Å². The monoisotopic (exact) mass is 357 g/mol. The Morgan fingerprint density at radius 2 is 2.00 bits per heavy atom. The van der Waals surface area contributed by atoms with Crippen molar-refractivity contribution in [3.05, 3.63) is 30.1 Å². The van der Waals surface area contributed by atoms with E-state index in [9.17, 15) is 9.59 Å². The van der Waals surface area contributed by atoms with Crippen LogP contribution in [0.5, 0.6) is 0 Å². The normalized spacial score (nSPS) is 16.4. The molecule has 0 aliphatic heterocycles. The number of carbonyl (C=O) groups excluding carboxylic acids is 2. The SMILES string of the molecule is CCOC(=O)Cn1c(C(C)NC(=O)C2CCCCC2)nc2ccccc21. The molecule has 0 saturated heterocycles. The molecular weight excluding hydrogens is 330 g/mol. The highest BCUT2D eigenvalue weighted by molar-refractivity contribution is 5.81. The Bertz CT molecular complexity index is 778. The summed E-state index contributed by atoms with van der Waals surface area (Å²) >= 11 is 0. The molecular formula is C20H27N3O3. The Hall–Kier alpha value is -2.37. The number of hydrogen-bond acceptors (Lipinski definition) is 4. The number of ether oxygens (including phenoxy) is 1. The van der Waals surface area contributed by atoms with Crippen LogP contribution in [0.15, 0.2) is 24.3 Å².